The van der Waals surface area contributed by atoms with Crippen molar-refractivity contribution in [3.8, 4) is 0 Å². The van der Waals surface area contributed by atoms with Gasteiger partial charge < -0.3 is 5.32 Å². The second-order valence-corrected chi connectivity index (χ2v) is 7.81. The SMILES string of the molecule is C[C@H](NC(=O)[C@H](C)S(=O)(=O)c1ccc(F)cc1)c1ccc(F)c(F)c1. The van der Waals surface area contributed by atoms with Crippen LogP contribution < -0.4 is 5.32 Å². The van der Waals surface area contributed by atoms with E-state index >= 15 is 0 Å². The molecule has 2 aromatic rings. The highest BCUT2D eigenvalue weighted by atomic mass is 32.2. The van der Waals surface area contributed by atoms with Crippen LogP contribution in [0.25, 0.3) is 0 Å². The average molecular weight is 371 g/mol. The third-order valence-electron chi connectivity index (χ3n) is 3.78. The zero-order chi connectivity index (χ0) is 18.8. The summed E-state index contributed by atoms with van der Waals surface area (Å²) in [6.07, 6.45) is 0. The average Bonchev–Trinajstić information content (AvgIpc) is 2.56. The smallest absolute Gasteiger partial charge is 0.238 e. The van der Waals surface area contributed by atoms with Gasteiger partial charge in [-0.05, 0) is 55.8 Å². The lowest BCUT2D eigenvalue weighted by Crippen LogP contribution is -2.39. The van der Waals surface area contributed by atoms with Gasteiger partial charge >= 0.3 is 0 Å². The van der Waals surface area contributed by atoms with E-state index in [1.54, 1.807) is 0 Å². The number of nitrogens with one attached hydrogen (secondary N) is 1. The lowest BCUT2D eigenvalue weighted by molar-refractivity contribution is -0.121. The first-order valence-electron chi connectivity index (χ1n) is 7.37. The predicted molar refractivity (Wildman–Crippen MR) is 86.0 cm³/mol. The molecule has 2 atom stereocenters. The first-order chi connectivity index (χ1) is 11.6. The quantitative estimate of drug-likeness (QED) is 0.822. The van der Waals surface area contributed by atoms with Crippen LogP contribution in [-0.4, -0.2) is 19.6 Å². The van der Waals surface area contributed by atoms with Crippen molar-refractivity contribution in [2.75, 3.05) is 0 Å². The molecule has 0 aromatic heterocycles. The molecule has 0 heterocycles. The highest BCUT2D eigenvalue weighted by molar-refractivity contribution is 7.92. The molecule has 0 radical (unpaired) electrons. The second kappa shape index (κ2) is 7.26. The van der Waals surface area contributed by atoms with E-state index in [0.717, 1.165) is 36.4 Å². The lowest BCUT2D eigenvalue weighted by Gasteiger charge is -2.18. The van der Waals surface area contributed by atoms with Crippen LogP contribution in [0.3, 0.4) is 0 Å². The van der Waals surface area contributed by atoms with Crippen molar-refractivity contribution in [2.45, 2.75) is 30.0 Å². The van der Waals surface area contributed by atoms with Crippen LogP contribution in [0.4, 0.5) is 13.2 Å². The van der Waals surface area contributed by atoms with Crippen LogP contribution in [0.5, 0.6) is 0 Å². The molecule has 8 heteroatoms. The van der Waals surface area contributed by atoms with Gasteiger partial charge in [0, 0.05) is 0 Å². The number of halogens is 3. The van der Waals surface area contributed by atoms with Crippen molar-refractivity contribution in [1.29, 1.82) is 0 Å². The molecular weight excluding hydrogens is 355 g/mol. The molecule has 2 aromatic carbocycles. The van der Waals surface area contributed by atoms with Gasteiger partial charge in [0.25, 0.3) is 0 Å². The van der Waals surface area contributed by atoms with E-state index in [2.05, 4.69) is 5.32 Å². The van der Waals surface area contributed by atoms with E-state index in [4.69, 9.17) is 0 Å². The van der Waals surface area contributed by atoms with Crippen LogP contribution in [-0.2, 0) is 14.6 Å². The zero-order valence-electron chi connectivity index (χ0n) is 13.5. The van der Waals surface area contributed by atoms with Crippen LogP contribution >= 0.6 is 0 Å². The topological polar surface area (TPSA) is 63.2 Å². The minimum absolute atomic E-state index is 0.183. The number of carbonyl (C=O) groups is 1. The molecule has 0 saturated heterocycles. The fourth-order valence-electron chi connectivity index (χ4n) is 2.17. The van der Waals surface area contributed by atoms with Gasteiger partial charge in [0.1, 0.15) is 11.1 Å². The summed E-state index contributed by atoms with van der Waals surface area (Å²) in [6, 6.07) is 6.55. The Labute approximate surface area is 143 Å². The zero-order valence-corrected chi connectivity index (χ0v) is 14.3. The Balaban J connectivity index is 2.16. The first-order valence-corrected chi connectivity index (χ1v) is 8.92. The summed E-state index contributed by atoms with van der Waals surface area (Å²) in [5, 5.41) is 1.01. The number of hydrogen-bond donors (Lipinski definition) is 1. The fourth-order valence-corrected chi connectivity index (χ4v) is 3.44. The molecule has 0 aliphatic heterocycles. The van der Waals surface area contributed by atoms with E-state index in [1.165, 1.54) is 19.9 Å². The summed E-state index contributed by atoms with van der Waals surface area (Å²) in [4.78, 5) is 12.1. The van der Waals surface area contributed by atoms with E-state index in [1.807, 2.05) is 0 Å². The maximum Gasteiger partial charge on any atom is 0.238 e. The second-order valence-electron chi connectivity index (χ2n) is 5.54. The summed E-state index contributed by atoms with van der Waals surface area (Å²) in [6.45, 7) is 2.72. The van der Waals surface area contributed by atoms with Gasteiger partial charge in [-0.15, -0.1) is 0 Å². The maximum absolute atomic E-state index is 13.3. The number of rotatable bonds is 5. The molecule has 1 amide bonds. The van der Waals surface area contributed by atoms with Gasteiger partial charge in [-0.1, -0.05) is 6.07 Å². The first kappa shape index (κ1) is 19.0. The highest BCUT2D eigenvalue weighted by Gasteiger charge is 2.30. The van der Waals surface area contributed by atoms with Crippen molar-refractivity contribution in [3.05, 3.63) is 65.5 Å². The molecule has 0 fully saturated rings. The van der Waals surface area contributed by atoms with Crippen molar-refractivity contribution >= 4 is 15.7 Å². The number of sulfone groups is 1. The summed E-state index contributed by atoms with van der Waals surface area (Å²) < 4.78 is 64.0. The fraction of sp³-hybridized carbons (Fsp3) is 0.235. The lowest BCUT2D eigenvalue weighted by atomic mass is 10.1. The molecule has 0 saturated carbocycles. The molecule has 2 rings (SSSR count). The Bertz CT molecular complexity index is 883. The van der Waals surface area contributed by atoms with Crippen molar-refractivity contribution in [2.24, 2.45) is 0 Å². The maximum atomic E-state index is 13.3. The van der Waals surface area contributed by atoms with Crippen molar-refractivity contribution in [3.63, 3.8) is 0 Å². The molecule has 0 aliphatic rings. The Morgan fingerprint density at radius 3 is 2.12 bits per heavy atom. The molecule has 4 nitrogen and oxygen atoms in total. The number of hydrogen-bond acceptors (Lipinski definition) is 3. The van der Waals surface area contributed by atoms with Gasteiger partial charge in [-0.2, -0.15) is 0 Å². The normalized spacial score (nSPS) is 14.0. The number of benzene rings is 2. The molecule has 0 aliphatic carbocycles. The van der Waals surface area contributed by atoms with Crippen LogP contribution in [0.15, 0.2) is 47.4 Å². The van der Waals surface area contributed by atoms with E-state index < -0.39 is 44.5 Å². The van der Waals surface area contributed by atoms with E-state index in [-0.39, 0.29) is 4.90 Å². The predicted octanol–water partition coefficient (Wildman–Crippen LogP) is 3.14. The van der Waals surface area contributed by atoms with Gasteiger partial charge in [-0.3, -0.25) is 4.79 Å². The molecule has 0 spiro atoms. The molecular formula is C17H16F3NO3S. The number of carbonyl (C=O) groups excluding carboxylic acids is 1. The monoisotopic (exact) mass is 371 g/mol. The van der Waals surface area contributed by atoms with Crippen LogP contribution in [0.1, 0.15) is 25.5 Å². The van der Waals surface area contributed by atoms with Gasteiger partial charge in [0.2, 0.25) is 5.91 Å². The number of amides is 1. The minimum Gasteiger partial charge on any atom is -0.348 e. The summed E-state index contributed by atoms with van der Waals surface area (Å²) in [5.41, 5.74) is 0.290. The Kier molecular flexibility index (Phi) is 5.52. The standard InChI is InChI=1S/C17H16F3NO3S/c1-10(12-3-8-15(19)16(20)9-12)21-17(22)11(2)25(23,24)14-6-4-13(18)5-7-14/h3-11H,1-2H3,(H,21,22)/t10-,11-/m0/s1. The summed E-state index contributed by atoms with van der Waals surface area (Å²) in [7, 11) is -4.01. The third-order valence-corrected chi connectivity index (χ3v) is 5.85. The van der Waals surface area contributed by atoms with Crippen molar-refractivity contribution < 1.29 is 26.4 Å². The third kappa shape index (κ3) is 4.19. The van der Waals surface area contributed by atoms with Crippen molar-refractivity contribution in [1.82, 2.24) is 5.32 Å². The Morgan fingerprint density at radius 2 is 1.56 bits per heavy atom. The molecule has 25 heavy (non-hydrogen) atoms. The summed E-state index contributed by atoms with van der Waals surface area (Å²) >= 11 is 0. The van der Waals surface area contributed by atoms with E-state index in [0.29, 0.717) is 5.56 Å². The van der Waals surface area contributed by atoms with E-state index in [9.17, 15) is 26.4 Å². The minimum atomic E-state index is -4.01. The van der Waals surface area contributed by atoms with Gasteiger partial charge in [-0.25, -0.2) is 21.6 Å². The van der Waals surface area contributed by atoms with Gasteiger partial charge in [0.15, 0.2) is 21.5 Å². The van der Waals surface area contributed by atoms with Gasteiger partial charge in [0.05, 0.1) is 10.9 Å². The Morgan fingerprint density at radius 1 is 0.960 bits per heavy atom. The summed E-state index contributed by atoms with van der Waals surface area (Å²) in [5.74, 6) is -3.48. The van der Waals surface area contributed by atoms with Crippen LogP contribution in [0, 0.1) is 17.5 Å². The molecule has 1 N–H and O–H groups in total. The highest BCUT2D eigenvalue weighted by Crippen LogP contribution is 2.19. The van der Waals surface area contributed by atoms with Crippen LogP contribution in [0.2, 0.25) is 0 Å². The largest absolute Gasteiger partial charge is 0.348 e. The Hall–Kier alpha value is -2.35. The molecule has 0 unspecified atom stereocenters. The molecule has 0 bridgehead atoms. The molecule has 134 valence electrons.